The second-order valence-electron chi connectivity index (χ2n) is 4.91. The van der Waals surface area contributed by atoms with Gasteiger partial charge in [-0.05, 0) is 27.2 Å². The highest BCUT2D eigenvalue weighted by Crippen LogP contribution is 2.08. The van der Waals surface area contributed by atoms with Crippen molar-refractivity contribution >= 4 is 12.1 Å². The van der Waals surface area contributed by atoms with Crippen LogP contribution in [0.1, 0.15) is 40.5 Å². The fourth-order valence-corrected chi connectivity index (χ4v) is 0.974. The Balaban J connectivity index is 3.95. The predicted octanol–water partition coefficient (Wildman–Crippen LogP) is 2.20. The number of hydrogen-bond donors (Lipinski definition) is 0. The van der Waals surface area contributed by atoms with Gasteiger partial charge in [0.1, 0.15) is 12.1 Å². The van der Waals surface area contributed by atoms with E-state index >= 15 is 0 Å². The van der Waals surface area contributed by atoms with Crippen LogP contribution in [0.5, 0.6) is 0 Å². The molecule has 0 aromatic carbocycles. The molecule has 0 radical (unpaired) electrons. The molecule has 0 heterocycles. The minimum absolute atomic E-state index is 0.0847. The average Bonchev–Trinajstić information content (AvgIpc) is 2.15. The van der Waals surface area contributed by atoms with E-state index < -0.39 is 17.7 Å². The lowest BCUT2D eigenvalue weighted by Crippen LogP contribution is -2.37. The maximum Gasteiger partial charge on any atom is 0.410 e. The molecular formula is C12H23NO4. The first kappa shape index (κ1) is 15.7. The molecule has 0 saturated heterocycles. The molecule has 100 valence electrons. The van der Waals surface area contributed by atoms with Crippen LogP contribution in [0, 0.1) is 0 Å². The molecule has 0 aliphatic heterocycles. The van der Waals surface area contributed by atoms with Crippen molar-refractivity contribution in [2.75, 3.05) is 20.2 Å². The summed E-state index contributed by atoms with van der Waals surface area (Å²) in [4.78, 5) is 24.1. The van der Waals surface area contributed by atoms with E-state index in [4.69, 9.17) is 9.47 Å². The summed E-state index contributed by atoms with van der Waals surface area (Å²) in [6.07, 6.45) is 1.28. The molecule has 0 atom stereocenters. The quantitative estimate of drug-likeness (QED) is 0.550. The van der Waals surface area contributed by atoms with Crippen molar-refractivity contribution in [2.45, 2.75) is 46.1 Å². The standard InChI is InChI=1S/C12H23NO4/c1-6-7-8-16-10(14)9-13(5)11(15)17-12(2,3)4/h6-9H2,1-5H3. The lowest BCUT2D eigenvalue weighted by molar-refractivity contribution is -0.144. The molecule has 5 nitrogen and oxygen atoms in total. The van der Waals surface area contributed by atoms with E-state index in [2.05, 4.69) is 0 Å². The first-order chi connectivity index (χ1) is 7.76. The fraction of sp³-hybridized carbons (Fsp3) is 0.833. The van der Waals surface area contributed by atoms with Gasteiger partial charge in [-0.3, -0.25) is 4.79 Å². The van der Waals surface area contributed by atoms with Crippen molar-refractivity contribution in [3.05, 3.63) is 0 Å². The Morgan fingerprint density at radius 3 is 2.29 bits per heavy atom. The minimum atomic E-state index is -0.558. The van der Waals surface area contributed by atoms with E-state index in [9.17, 15) is 9.59 Å². The summed E-state index contributed by atoms with van der Waals surface area (Å²) in [6.45, 7) is 7.66. The van der Waals surface area contributed by atoms with Crippen LogP contribution in [0.3, 0.4) is 0 Å². The Morgan fingerprint density at radius 2 is 1.82 bits per heavy atom. The number of carbonyl (C=O) groups is 2. The minimum Gasteiger partial charge on any atom is -0.464 e. The van der Waals surface area contributed by atoms with E-state index in [0.717, 1.165) is 12.8 Å². The SMILES string of the molecule is CCCCOC(=O)CN(C)C(=O)OC(C)(C)C. The molecule has 5 heteroatoms. The molecule has 17 heavy (non-hydrogen) atoms. The maximum absolute atomic E-state index is 11.5. The number of carbonyl (C=O) groups excluding carboxylic acids is 2. The van der Waals surface area contributed by atoms with Crippen molar-refractivity contribution in [3.8, 4) is 0 Å². The largest absolute Gasteiger partial charge is 0.464 e. The van der Waals surface area contributed by atoms with Crippen LogP contribution in [0.4, 0.5) is 4.79 Å². The third kappa shape index (κ3) is 8.54. The zero-order valence-corrected chi connectivity index (χ0v) is 11.4. The van der Waals surface area contributed by atoms with Gasteiger partial charge in [0.15, 0.2) is 0 Å². The third-order valence-corrected chi connectivity index (χ3v) is 1.83. The molecule has 0 saturated carbocycles. The number of likely N-dealkylation sites (N-methyl/N-ethyl adjacent to an activating group) is 1. The predicted molar refractivity (Wildman–Crippen MR) is 64.7 cm³/mol. The van der Waals surface area contributed by atoms with Crippen molar-refractivity contribution in [2.24, 2.45) is 0 Å². The van der Waals surface area contributed by atoms with E-state index in [1.54, 1.807) is 20.8 Å². The Hall–Kier alpha value is -1.26. The summed E-state index contributed by atoms with van der Waals surface area (Å²) in [5.41, 5.74) is -0.558. The van der Waals surface area contributed by atoms with Gasteiger partial charge in [-0.25, -0.2) is 4.79 Å². The van der Waals surface area contributed by atoms with E-state index in [1.807, 2.05) is 6.92 Å². The summed E-state index contributed by atoms with van der Waals surface area (Å²) in [5, 5.41) is 0. The van der Waals surface area contributed by atoms with Crippen molar-refractivity contribution in [1.82, 2.24) is 4.90 Å². The van der Waals surface area contributed by atoms with Crippen molar-refractivity contribution in [3.63, 3.8) is 0 Å². The molecule has 0 aliphatic rings. The van der Waals surface area contributed by atoms with Gasteiger partial charge in [-0.15, -0.1) is 0 Å². The van der Waals surface area contributed by atoms with Gasteiger partial charge in [0.25, 0.3) is 0 Å². The summed E-state index contributed by atoms with van der Waals surface area (Å²) in [5.74, 6) is -0.410. The first-order valence-electron chi connectivity index (χ1n) is 5.86. The Labute approximate surface area is 103 Å². The normalized spacial score (nSPS) is 10.9. The van der Waals surface area contributed by atoms with Gasteiger partial charge in [0, 0.05) is 7.05 Å². The molecule has 0 aromatic heterocycles. The highest BCUT2D eigenvalue weighted by Gasteiger charge is 2.21. The molecule has 1 amide bonds. The number of nitrogens with zero attached hydrogens (tertiary/aromatic N) is 1. The Bertz CT molecular complexity index is 258. The lowest BCUT2D eigenvalue weighted by atomic mass is 10.2. The van der Waals surface area contributed by atoms with Gasteiger partial charge in [-0.1, -0.05) is 13.3 Å². The summed E-state index contributed by atoms with van der Waals surface area (Å²) in [7, 11) is 1.51. The third-order valence-electron chi connectivity index (χ3n) is 1.83. The maximum atomic E-state index is 11.5. The summed E-state index contributed by atoms with van der Waals surface area (Å²) in [6, 6.07) is 0. The fourth-order valence-electron chi connectivity index (χ4n) is 0.974. The van der Waals surface area contributed by atoms with Crippen LogP contribution in [0.15, 0.2) is 0 Å². The van der Waals surface area contributed by atoms with Crippen LogP contribution < -0.4 is 0 Å². The summed E-state index contributed by atoms with van der Waals surface area (Å²) >= 11 is 0. The summed E-state index contributed by atoms with van der Waals surface area (Å²) < 4.78 is 10.1. The zero-order valence-electron chi connectivity index (χ0n) is 11.4. The van der Waals surface area contributed by atoms with Gasteiger partial charge < -0.3 is 14.4 Å². The van der Waals surface area contributed by atoms with Gasteiger partial charge in [-0.2, -0.15) is 0 Å². The zero-order chi connectivity index (χ0) is 13.5. The van der Waals surface area contributed by atoms with Gasteiger partial charge >= 0.3 is 12.1 Å². The van der Waals surface area contributed by atoms with Crippen LogP contribution in [-0.2, 0) is 14.3 Å². The number of hydrogen-bond acceptors (Lipinski definition) is 4. The van der Waals surface area contributed by atoms with Crippen LogP contribution >= 0.6 is 0 Å². The van der Waals surface area contributed by atoms with Crippen LogP contribution in [-0.4, -0.2) is 42.8 Å². The van der Waals surface area contributed by atoms with Gasteiger partial charge in [0.05, 0.1) is 6.61 Å². The highest BCUT2D eigenvalue weighted by atomic mass is 16.6. The molecule has 0 fully saturated rings. The second-order valence-corrected chi connectivity index (χ2v) is 4.91. The van der Waals surface area contributed by atoms with E-state index in [-0.39, 0.29) is 6.54 Å². The number of ether oxygens (including phenoxy) is 2. The first-order valence-corrected chi connectivity index (χ1v) is 5.86. The van der Waals surface area contributed by atoms with Crippen LogP contribution in [0.2, 0.25) is 0 Å². The molecule has 0 bridgehead atoms. The Kier molecular flexibility index (Phi) is 6.61. The van der Waals surface area contributed by atoms with Gasteiger partial charge in [0.2, 0.25) is 0 Å². The molecule has 0 unspecified atom stereocenters. The number of rotatable bonds is 5. The molecule has 0 aromatic rings. The average molecular weight is 245 g/mol. The second kappa shape index (κ2) is 7.14. The number of amides is 1. The smallest absolute Gasteiger partial charge is 0.410 e. The highest BCUT2D eigenvalue weighted by molar-refractivity contribution is 5.77. The molecule has 0 spiro atoms. The topological polar surface area (TPSA) is 55.8 Å². The molecular weight excluding hydrogens is 222 g/mol. The molecule has 0 N–H and O–H groups in total. The Morgan fingerprint density at radius 1 is 1.24 bits per heavy atom. The molecule has 0 aliphatic carbocycles. The lowest BCUT2D eigenvalue weighted by Gasteiger charge is -2.24. The molecule has 0 rings (SSSR count). The van der Waals surface area contributed by atoms with E-state index in [1.165, 1.54) is 11.9 Å². The van der Waals surface area contributed by atoms with Crippen LogP contribution in [0.25, 0.3) is 0 Å². The van der Waals surface area contributed by atoms with E-state index in [0.29, 0.717) is 6.61 Å². The monoisotopic (exact) mass is 245 g/mol. The number of unbranched alkanes of at least 4 members (excludes halogenated alkanes) is 1. The number of esters is 1. The van der Waals surface area contributed by atoms with Crippen molar-refractivity contribution in [1.29, 1.82) is 0 Å². The van der Waals surface area contributed by atoms with Crippen molar-refractivity contribution < 1.29 is 19.1 Å².